The highest BCUT2D eigenvalue weighted by Crippen LogP contribution is 2.34. The van der Waals surface area contributed by atoms with Gasteiger partial charge in [-0.05, 0) is 35.4 Å². The van der Waals surface area contributed by atoms with Crippen LogP contribution in [0.25, 0.3) is 0 Å². The lowest BCUT2D eigenvalue weighted by Crippen LogP contribution is -2.36. The van der Waals surface area contributed by atoms with Crippen molar-refractivity contribution in [3.8, 4) is 0 Å². The lowest BCUT2D eigenvalue weighted by molar-refractivity contribution is -0.145. The number of hydrogen-bond acceptors (Lipinski definition) is 4. The first-order valence-corrected chi connectivity index (χ1v) is 10.7. The van der Waals surface area contributed by atoms with E-state index in [2.05, 4.69) is 0 Å². The van der Waals surface area contributed by atoms with Crippen molar-refractivity contribution in [3.63, 3.8) is 0 Å². The van der Waals surface area contributed by atoms with Crippen molar-refractivity contribution < 1.29 is 31.9 Å². The Labute approximate surface area is 176 Å². The van der Waals surface area contributed by atoms with E-state index in [1.807, 2.05) is 0 Å². The van der Waals surface area contributed by atoms with Crippen molar-refractivity contribution in [1.29, 1.82) is 0 Å². The molecule has 5 nitrogen and oxygen atoms in total. The zero-order valence-electron chi connectivity index (χ0n) is 14.8. The lowest BCUT2D eigenvalue weighted by Gasteiger charge is -2.20. The average molecular weight is 465 g/mol. The fourth-order valence-corrected chi connectivity index (χ4v) is 4.80. The van der Waals surface area contributed by atoms with Crippen LogP contribution in [0.2, 0.25) is 10.0 Å². The molecule has 0 atom stereocenters. The number of ketones is 1. The lowest BCUT2D eigenvalue weighted by atomic mass is 10.0. The number of carbonyl (C=O) groups is 2. The van der Waals surface area contributed by atoms with Crippen molar-refractivity contribution in [1.82, 2.24) is 0 Å². The van der Waals surface area contributed by atoms with Gasteiger partial charge in [0.2, 0.25) is 5.78 Å². The molecule has 0 aliphatic carbocycles. The highest BCUT2D eigenvalue weighted by molar-refractivity contribution is 7.92. The maximum absolute atomic E-state index is 14.0. The molecule has 0 radical (unpaired) electrons. The summed E-state index contributed by atoms with van der Waals surface area (Å²) in [4.78, 5) is 22.5. The summed E-state index contributed by atoms with van der Waals surface area (Å²) >= 11 is 11.7. The van der Waals surface area contributed by atoms with Gasteiger partial charge in [0, 0.05) is 16.5 Å². The van der Waals surface area contributed by atoms with Crippen molar-refractivity contribution in [2.45, 2.75) is 24.0 Å². The van der Waals surface area contributed by atoms with Gasteiger partial charge in [-0.15, -0.1) is 0 Å². The molecule has 10 heteroatoms. The van der Waals surface area contributed by atoms with Crippen LogP contribution < -0.4 is 0 Å². The second-order valence-corrected chi connectivity index (χ2v) is 9.27. The minimum Gasteiger partial charge on any atom is -0.481 e. The van der Waals surface area contributed by atoms with Crippen LogP contribution in [0, 0.1) is 0 Å². The van der Waals surface area contributed by atoms with Crippen LogP contribution in [-0.2, 0) is 19.4 Å². The molecule has 0 aliphatic heterocycles. The molecule has 0 bridgehead atoms. The Balaban J connectivity index is 2.40. The van der Waals surface area contributed by atoms with E-state index in [1.165, 1.54) is 48.5 Å². The predicted molar refractivity (Wildman–Crippen MR) is 105 cm³/mol. The van der Waals surface area contributed by atoms with Gasteiger partial charge < -0.3 is 5.11 Å². The molecule has 0 saturated carbocycles. The first kappa shape index (κ1) is 23.3. The molecule has 156 valence electrons. The Kier molecular flexibility index (Phi) is 7.37. The van der Waals surface area contributed by atoms with Gasteiger partial charge in [-0.1, -0.05) is 47.5 Å². The number of alkyl halides is 2. The summed E-state index contributed by atoms with van der Waals surface area (Å²) in [6, 6.07) is 11.5. The number of hydrogen-bond donors (Lipinski definition) is 1. The van der Waals surface area contributed by atoms with E-state index in [4.69, 9.17) is 28.3 Å². The summed E-state index contributed by atoms with van der Waals surface area (Å²) in [5.41, 5.74) is 0.469. The molecular formula is C19H16Cl2F2O5S. The molecule has 2 aromatic rings. The number of halogens is 4. The SMILES string of the molecule is O=C(O)CCC(F)(F)C(=O)CS(=O)(=O)C(c1ccc(Cl)cc1)c1ccc(Cl)cc1. The molecule has 2 aromatic carbocycles. The van der Waals surface area contributed by atoms with Crippen LogP contribution in [0.1, 0.15) is 29.2 Å². The van der Waals surface area contributed by atoms with Crippen molar-refractivity contribution in [2.75, 3.05) is 5.75 Å². The number of carboxylic acid groups (broad SMARTS) is 1. The van der Waals surface area contributed by atoms with E-state index in [0.29, 0.717) is 10.0 Å². The topological polar surface area (TPSA) is 88.5 Å². The van der Waals surface area contributed by atoms with Crippen LogP contribution in [-0.4, -0.2) is 37.0 Å². The minimum absolute atomic E-state index is 0.235. The third-order valence-electron chi connectivity index (χ3n) is 4.10. The molecular weight excluding hydrogens is 449 g/mol. The highest BCUT2D eigenvalue weighted by Gasteiger charge is 2.43. The Morgan fingerprint density at radius 1 is 0.931 bits per heavy atom. The molecule has 2 rings (SSSR count). The Bertz CT molecular complexity index is 945. The molecule has 0 fully saturated rings. The van der Waals surface area contributed by atoms with Crippen LogP contribution >= 0.6 is 23.2 Å². The maximum Gasteiger partial charge on any atom is 0.306 e. The summed E-state index contributed by atoms with van der Waals surface area (Å²) in [6.45, 7) is 0. The van der Waals surface area contributed by atoms with E-state index >= 15 is 0 Å². The largest absolute Gasteiger partial charge is 0.481 e. The van der Waals surface area contributed by atoms with Gasteiger partial charge in [-0.25, -0.2) is 8.42 Å². The van der Waals surface area contributed by atoms with Gasteiger partial charge in [0.1, 0.15) is 11.0 Å². The molecule has 0 aromatic heterocycles. The summed E-state index contributed by atoms with van der Waals surface area (Å²) in [6.07, 6.45) is -2.24. The molecule has 0 aliphatic rings. The van der Waals surface area contributed by atoms with E-state index in [1.54, 1.807) is 0 Å². The van der Waals surface area contributed by atoms with Gasteiger partial charge in [-0.3, -0.25) is 9.59 Å². The fraction of sp³-hybridized carbons (Fsp3) is 0.263. The monoisotopic (exact) mass is 464 g/mol. The zero-order valence-corrected chi connectivity index (χ0v) is 17.1. The van der Waals surface area contributed by atoms with E-state index in [9.17, 15) is 26.8 Å². The molecule has 29 heavy (non-hydrogen) atoms. The maximum atomic E-state index is 14.0. The van der Waals surface area contributed by atoms with Crippen molar-refractivity contribution in [3.05, 3.63) is 69.7 Å². The standard InChI is InChI=1S/C19H16Cl2F2O5S/c20-14-5-1-12(2-6-14)18(13-3-7-15(21)8-4-13)29(27,28)11-16(24)19(22,23)10-9-17(25)26/h1-8,18H,9-11H2,(H,25,26). The normalized spacial score (nSPS) is 12.2. The Hall–Kier alpha value is -2.03. The number of aliphatic carboxylic acids is 1. The van der Waals surface area contributed by atoms with Gasteiger partial charge >= 0.3 is 11.9 Å². The van der Waals surface area contributed by atoms with E-state index in [-0.39, 0.29) is 11.1 Å². The van der Waals surface area contributed by atoms with Crippen LogP contribution in [0.4, 0.5) is 8.78 Å². The quantitative estimate of drug-likeness (QED) is 0.587. The van der Waals surface area contributed by atoms with Gasteiger partial charge in [-0.2, -0.15) is 8.78 Å². The Morgan fingerprint density at radius 2 is 1.34 bits per heavy atom. The molecule has 0 amide bonds. The van der Waals surface area contributed by atoms with Crippen molar-refractivity contribution >= 4 is 44.8 Å². The predicted octanol–water partition coefficient (Wildman–Crippen LogP) is 4.57. The molecule has 0 unspecified atom stereocenters. The van der Waals surface area contributed by atoms with Gasteiger partial charge in [0.25, 0.3) is 0 Å². The number of carboxylic acids is 1. The first-order chi connectivity index (χ1) is 13.4. The number of sulfone groups is 1. The Morgan fingerprint density at radius 3 is 1.72 bits per heavy atom. The molecule has 0 saturated heterocycles. The summed E-state index contributed by atoms with van der Waals surface area (Å²) in [7, 11) is -4.44. The third kappa shape index (κ3) is 6.22. The van der Waals surface area contributed by atoms with Gasteiger partial charge in [0.05, 0.1) is 6.42 Å². The second kappa shape index (κ2) is 9.19. The van der Waals surface area contributed by atoms with E-state index < -0.39 is 51.4 Å². The van der Waals surface area contributed by atoms with Gasteiger partial charge in [0.15, 0.2) is 9.84 Å². The molecule has 1 N–H and O–H groups in total. The average Bonchev–Trinajstić information content (AvgIpc) is 2.63. The smallest absolute Gasteiger partial charge is 0.306 e. The molecule has 0 heterocycles. The number of rotatable bonds is 9. The highest BCUT2D eigenvalue weighted by atomic mass is 35.5. The summed E-state index contributed by atoms with van der Waals surface area (Å²) in [5.74, 6) is -8.89. The summed E-state index contributed by atoms with van der Waals surface area (Å²) in [5, 5.41) is 7.82. The zero-order chi connectivity index (χ0) is 21.8. The van der Waals surface area contributed by atoms with Crippen LogP contribution in [0.5, 0.6) is 0 Å². The van der Waals surface area contributed by atoms with Crippen molar-refractivity contribution in [2.24, 2.45) is 0 Å². The fourth-order valence-electron chi connectivity index (χ4n) is 2.66. The third-order valence-corrected chi connectivity index (χ3v) is 6.53. The second-order valence-electron chi connectivity index (χ2n) is 6.31. The van der Waals surface area contributed by atoms with Crippen LogP contribution in [0.15, 0.2) is 48.5 Å². The number of benzene rings is 2. The van der Waals surface area contributed by atoms with E-state index in [0.717, 1.165) is 0 Å². The number of carbonyl (C=O) groups excluding carboxylic acids is 1. The first-order valence-electron chi connectivity index (χ1n) is 8.28. The summed E-state index contributed by atoms with van der Waals surface area (Å²) < 4.78 is 53.9. The van der Waals surface area contributed by atoms with Crippen LogP contribution in [0.3, 0.4) is 0 Å². The molecule has 0 spiro atoms. The number of Topliss-reactive ketones (excluding diaryl/α,β-unsaturated/α-hetero) is 1. The minimum atomic E-state index is -4.44.